The summed E-state index contributed by atoms with van der Waals surface area (Å²) in [6, 6.07) is 4.98. The fourth-order valence-electron chi connectivity index (χ4n) is 2.91. The van der Waals surface area contributed by atoms with Gasteiger partial charge in [-0.15, -0.1) is 0 Å². The molecule has 1 aliphatic rings. The topological polar surface area (TPSA) is 80.0 Å². The molecule has 10 heteroatoms. The number of carbonyl (C=O) groups is 1. The minimum atomic E-state index is -1.03. The molecule has 0 spiro atoms. The number of hydrogen-bond acceptors (Lipinski definition) is 6. The van der Waals surface area contributed by atoms with Crippen molar-refractivity contribution in [3.63, 3.8) is 0 Å². The first-order chi connectivity index (χ1) is 13.1. The van der Waals surface area contributed by atoms with E-state index in [0.717, 1.165) is 18.0 Å². The number of halogens is 2. The normalized spacial score (nSPS) is 14.4. The van der Waals surface area contributed by atoms with Crippen LogP contribution in [0.5, 0.6) is 0 Å². The van der Waals surface area contributed by atoms with Crippen LogP contribution in [-0.2, 0) is 0 Å². The number of hydrogen-bond donors (Lipinski definition) is 0. The smallest absolute Gasteiger partial charge is 0.254 e. The second kappa shape index (κ2) is 7.06. The van der Waals surface area contributed by atoms with Crippen molar-refractivity contribution < 1.29 is 13.6 Å². The quantitative estimate of drug-likeness (QED) is 0.690. The molecule has 2 aromatic heterocycles. The Hall–Kier alpha value is -3.43. The summed E-state index contributed by atoms with van der Waals surface area (Å²) in [5.74, 6) is -1.00. The summed E-state index contributed by atoms with van der Waals surface area (Å²) in [5.41, 5.74) is 0.137. The molecule has 1 amide bonds. The van der Waals surface area contributed by atoms with Crippen LogP contribution >= 0.6 is 0 Å². The predicted octanol–water partition coefficient (Wildman–Crippen LogP) is 1.30. The summed E-state index contributed by atoms with van der Waals surface area (Å²) in [6.45, 7) is 2.01. The highest BCUT2D eigenvalue weighted by molar-refractivity contribution is 5.94. The Bertz CT molecular complexity index is 956. The van der Waals surface area contributed by atoms with Crippen LogP contribution in [0.15, 0.2) is 43.2 Å². The Morgan fingerprint density at radius 2 is 1.70 bits per heavy atom. The number of rotatable bonds is 3. The maximum atomic E-state index is 13.4. The van der Waals surface area contributed by atoms with Crippen molar-refractivity contribution in [1.29, 1.82) is 0 Å². The third-order valence-electron chi connectivity index (χ3n) is 4.35. The molecule has 8 nitrogen and oxygen atoms in total. The summed E-state index contributed by atoms with van der Waals surface area (Å²) in [4.78, 5) is 28.5. The monoisotopic (exact) mass is 371 g/mol. The molecule has 0 unspecified atom stereocenters. The number of carbonyl (C=O) groups excluding carboxylic acids is 1. The average molecular weight is 371 g/mol. The highest BCUT2D eigenvalue weighted by Gasteiger charge is 2.24. The van der Waals surface area contributed by atoms with Crippen LogP contribution in [0.3, 0.4) is 0 Å². The minimum absolute atomic E-state index is 0.137. The zero-order valence-electron chi connectivity index (χ0n) is 14.2. The fourth-order valence-corrected chi connectivity index (χ4v) is 2.91. The van der Waals surface area contributed by atoms with Gasteiger partial charge in [0.1, 0.15) is 24.8 Å². The lowest BCUT2D eigenvalue weighted by molar-refractivity contribution is 0.0746. The summed E-state index contributed by atoms with van der Waals surface area (Å²) in [5, 5.41) is 4.04. The lowest BCUT2D eigenvalue weighted by atomic mass is 10.1. The van der Waals surface area contributed by atoms with E-state index in [2.05, 4.69) is 20.1 Å². The number of anilines is 1. The van der Waals surface area contributed by atoms with Gasteiger partial charge in [-0.1, -0.05) is 0 Å². The average Bonchev–Trinajstić information content (AvgIpc) is 3.25. The first-order valence-corrected chi connectivity index (χ1v) is 8.28. The number of aromatic nitrogens is 5. The molecule has 3 heterocycles. The van der Waals surface area contributed by atoms with Crippen LogP contribution in [0.2, 0.25) is 0 Å². The van der Waals surface area contributed by atoms with Crippen molar-refractivity contribution in [2.45, 2.75) is 0 Å². The maximum absolute atomic E-state index is 13.4. The van der Waals surface area contributed by atoms with Crippen molar-refractivity contribution in [2.75, 3.05) is 31.1 Å². The van der Waals surface area contributed by atoms with Gasteiger partial charge in [0, 0.05) is 37.8 Å². The van der Waals surface area contributed by atoms with E-state index < -0.39 is 11.6 Å². The van der Waals surface area contributed by atoms with E-state index in [4.69, 9.17) is 0 Å². The third kappa shape index (κ3) is 3.46. The van der Waals surface area contributed by atoms with Crippen LogP contribution in [0.25, 0.3) is 5.82 Å². The SMILES string of the molecule is O=C(c1ccc(F)c(F)c1)N1CCN(c2cc(-n3cncn3)ncn2)CC1. The Balaban J connectivity index is 1.44. The zero-order chi connectivity index (χ0) is 18.8. The predicted molar refractivity (Wildman–Crippen MR) is 91.4 cm³/mol. The lowest BCUT2D eigenvalue weighted by Crippen LogP contribution is -2.49. The highest BCUT2D eigenvalue weighted by Crippen LogP contribution is 2.17. The van der Waals surface area contributed by atoms with E-state index in [1.165, 1.54) is 23.4 Å². The molecular formula is C17H15F2N7O. The van der Waals surface area contributed by atoms with E-state index in [0.29, 0.717) is 32.0 Å². The fraction of sp³-hybridized carbons (Fsp3) is 0.235. The van der Waals surface area contributed by atoms with E-state index in [1.54, 1.807) is 17.3 Å². The molecule has 0 saturated carbocycles. The first kappa shape index (κ1) is 17.0. The molecule has 3 aromatic rings. The van der Waals surface area contributed by atoms with Crippen molar-refractivity contribution in [3.05, 3.63) is 60.4 Å². The molecule has 1 saturated heterocycles. The van der Waals surface area contributed by atoms with Gasteiger partial charge in [-0.2, -0.15) is 5.10 Å². The second-order valence-corrected chi connectivity index (χ2v) is 5.98. The van der Waals surface area contributed by atoms with Crippen LogP contribution < -0.4 is 4.90 Å². The lowest BCUT2D eigenvalue weighted by Gasteiger charge is -2.35. The van der Waals surface area contributed by atoms with Gasteiger partial charge in [-0.05, 0) is 18.2 Å². The number of benzene rings is 1. The molecule has 1 aromatic carbocycles. The first-order valence-electron chi connectivity index (χ1n) is 8.28. The molecule has 0 aliphatic carbocycles. The summed E-state index contributed by atoms with van der Waals surface area (Å²) < 4.78 is 27.9. The van der Waals surface area contributed by atoms with Crippen molar-refractivity contribution in [2.24, 2.45) is 0 Å². The van der Waals surface area contributed by atoms with Crippen molar-refractivity contribution in [3.8, 4) is 5.82 Å². The third-order valence-corrected chi connectivity index (χ3v) is 4.35. The molecule has 0 radical (unpaired) electrons. The van der Waals surface area contributed by atoms with Crippen LogP contribution in [-0.4, -0.2) is 61.7 Å². The van der Waals surface area contributed by atoms with E-state index in [9.17, 15) is 13.6 Å². The highest BCUT2D eigenvalue weighted by atomic mass is 19.2. The molecular weight excluding hydrogens is 356 g/mol. The van der Waals surface area contributed by atoms with Gasteiger partial charge in [-0.3, -0.25) is 4.79 Å². The molecule has 1 aliphatic heterocycles. The van der Waals surface area contributed by atoms with Gasteiger partial charge in [0.2, 0.25) is 0 Å². The second-order valence-electron chi connectivity index (χ2n) is 5.98. The number of piperazine rings is 1. The summed E-state index contributed by atoms with van der Waals surface area (Å²) in [7, 11) is 0. The molecule has 1 fully saturated rings. The minimum Gasteiger partial charge on any atom is -0.353 e. The van der Waals surface area contributed by atoms with Crippen LogP contribution in [0.1, 0.15) is 10.4 Å². The van der Waals surface area contributed by atoms with Gasteiger partial charge in [0.15, 0.2) is 17.5 Å². The van der Waals surface area contributed by atoms with Crippen molar-refractivity contribution >= 4 is 11.7 Å². The molecule has 138 valence electrons. The Labute approximate surface area is 153 Å². The molecule has 0 N–H and O–H groups in total. The van der Waals surface area contributed by atoms with E-state index >= 15 is 0 Å². The van der Waals surface area contributed by atoms with E-state index in [1.807, 2.05) is 4.90 Å². The Morgan fingerprint density at radius 3 is 2.41 bits per heavy atom. The number of nitrogens with zero attached hydrogens (tertiary/aromatic N) is 7. The molecule has 0 bridgehead atoms. The maximum Gasteiger partial charge on any atom is 0.254 e. The van der Waals surface area contributed by atoms with Gasteiger partial charge in [-0.25, -0.2) is 28.4 Å². The van der Waals surface area contributed by atoms with Gasteiger partial charge in [0.25, 0.3) is 5.91 Å². The summed E-state index contributed by atoms with van der Waals surface area (Å²) >= 11 is 0. The van der Waals surface area contributed by atoms with Gasteiger partial charge in [0.05, 0.1) is 0 Å². The number of amides is 1. The standard InChI is InChI=1S/C17H15F2N7O/c18-13-2-1-12(7-14(13)19)17(27)25-5-3-24(4-6-25)15-8-16(22-10-21-15)26-11-20-9-23-26/h1-2,7-11H,3-6H2. The Morgan fingerprint density at radius 1 is 0.926 bits per heavy atom. The molecule has 4 rings (SSSR count). The van der Waals surface area contributed by atoms with Gasteiger partial charge < -0.3 is 9.80 Å². The molecule has 27 heavy (non-hydrogen) atoms. The molecule has 0 atom stereocenters. The van der Waals surface area contributed by atoms with Crippen molar-refractivity contribution in [1.82, 2.24) is 29.6 Å². The zero-order valence-corrected chi connectivity index (χ0v) is 14.2. The largest absolute Gasteiger partial charge is 0.353 e. The van der Waals surface area contributed by atoms with Crippen LogP contribution in [0, 0.1) is 11.6 Å². The van der Waals surface area contributed by atoms with Crippen LogP contribution in [0.4, 0.5) is 14.6 Å². The van der Waals surface area contributed by atoms with E-state index in [-0.39, 0.29) is 11.5 Å². The summed E-state index contributed by atoms with van der Waals surface area (Å²) in [6.07, 6.45) is 4.42. The van der Waals surface area contributed by atoms with Gasteiger partial charge >= 0.3 is 0 Å². The Kier molecular flexibility index (Phi) is 4.45.